The van der Waals surface area contributed by atoms with Crippen LogP contribution < -0.4 is 35.9 Å². The number of hydrogen-bond acceptors (Lipinski definition) is 8. The summed E-state index contributed by atoms with van der Waals surface area (Å²) >= 11 is 0. The standard InChI is InChI=1S/C44H42NO7P/c1-4-45(5-2)34-24-23-33-30-38(44(48)52-41(33)31-34)39(46)25-21-32-22-26-40(42(29-32)49-3)51-43(47)27-28-50-53(35-15-9-6-10-16-35,36-17-11-7-12-18-36)37-19-13-8-14-20-37/h6-26,29-31,53H,4-5,27-28H2,1-3H3/b25-21+. The van der Waals surface area contributed by atoms with Crippen LogP contribution in [0.1, 0.15) is 36.2 Å². The zero-order valence-electron chi connectivity index (χ0n) is 30.0. The Morgan fingerprint density at radius 3 is 1.91 bits per heavy atom. The van der Waals surface area contributed by atoms with E-state index >= 15 is 0 Å². The number of hydrogen-bond donors (Lipinski definition) is 0. The van der Waals surface area contributed by atoms with E-state index in [9.17, 15) is 14.4 Å². The molecule has 53 heavy (non-hydrogen) atoms. The molecule has 0 fully saturated rings. The number of esters is 1. The van der Waals surface area contributed by atoms with Gasteiger partial charge in [0, 0.05) is 30.2 Å². The number of rotatable bonds is 15. The number of methoxy groups -OCH3 is 1. The quantitative estimate of drug-likeness (QED) is 0.0268. The Morgan fingerprint density at radius 2 is 1.34 bits per heavy atom. The maximum absolute atomic E-state index is 13.2. The third-order valence-corrected chi connectivity index (χ3v) is 13.2. The van der Waals surface area contributed by atoms with Crippen LogP contribution in [-0.4, -0.2) is 38.6 Å². The van der Waals surface area contributed by atoms with E-state index in [0.29, 0.717) is 22.3 Å². The molecule has 5 aromatic carbocycles. The van der Waals surface area contributed by atoms with Crippen LogP contribution in [0.4, 0.5) is 5.69 Å². The van der Waals surface area contributed by atoms with E-state index < -0.39 is 24.9 Å². The average molecular weight is 728 g/mol. The molecule has 6 aromatic rings. The van der Waals surface area contributed by atoms with Crippen molar-refractivity contribution in [3.8, 4) is 11.5 Å². The van der Waals surface area contributed by atoms with Gasteiger partial charge in [-0.05, 0) is 32.0 Å². The third-order valence-electron chi connectivity index (χ3n) is 9.12. The first-order valence-electron chi connectivity index (χ1n) is 17.6. The van der Waals surface area contributed by atoms with E-state index in [4.69, 9.17) is 18.4 Å². The molecule has 1 aromatic heterocycles. The summed E-state index contributed by atoms with van der Waals surface area (Å²) in [5.41, 5.74) is 1.20. The minimum atomic E-state index is -2.97. The number of fused-ring (bicyclic) bond motifs is 1. The molecule has 270 valence electrons. The zero-order valence-corrected chi connectivity index (χ0v) is 31.0. The van der Waals surface area contributed by atoms with Gasteiger partial charge in [0.1, 0.15) is 11.1 Å². The van der Waals surface area contributed by atoms with Crippen LogP contribution in [-0.2, 0) is 9.32 Å². The van der Waals surface area contributed by atoms with Crippen molar-refractivity contribution in [3.63, 3.8) is 0 Å². The summed E-state index contributed by atoms with van der Waals surface area (Å²) in [5.74, 6) is -0.433. The SMILES string of the molecule is CCN(CC)c1ccc2cc(C(=O)/C=C/c3ccc(OC(=O)CCO[PH](c4ccccc4)(c4ccccc4)c4ccccc4)c(OC)c3)c(=O)oc2c1. The number of carbonyl (C=O) groups excluding carboxylic acids is 2. The second-order valence-electron chi connectivity index (χ2n) is 12.3. The fourth-order valence-corrected chi connectivity index (χ4v) is 10.3. The first kappa shape index (κ1) is 37.0. The van der Waals surface area contributed by atoms with Gasteiger partial charge in [-0.2, -0.15) is 0 Å². The van der Waals surface area contributed by atoms with Crippen molar-refractivity contribution in [2.75, 3.05) is 31.7 Å². The number of ether oxygens (including phenoxy) is 2. The molecule has 0 spiro atoms. The Morgan fingerprint density at radius 1 is 0.736 bits per heavy atom. The van der Waals surface area contributed by atoms with Crippen molar-refractivity contribution in [1.82, 2.24) is 0 Å². The van der Waals surface area contributed by atoms with Crippen molar-refractivity contribution in [2.45, 2.75) is 20.3 Å². The zero-order chi connectivity index (χ0) is 37.2. The molecule has 0 bridgehead atoms. The molecule has 0 aliphatic carbocycles. The van der Waals surface area contributed by atoms with Gasteiger partial charge in [0.05, 0.1) is 0 Å². The molecule has 1 heterocycles. The number of anilines is 1. The first-order chi connectivity index (χ1) is 25.9. The van der Waals surface area contributed by atoms with Crippen LogP contribution in [0.5, 0.6) is 11.5 Å². The van der Waals surface area contributed by atoms with Crippen molar-refractivity contribution in [1.29, 1.82) is 0 Å². The molecule has 0 atom stereocenters. The molecule has 6 rings (SSSR count). The minimum Gasteiger partial charge on any atom is -0.422 e. The molecule has 8 nitrogen and oxygen atoms in total. The van der Waals surface area contributed by atoms with Gasteiger partial charge in [0.15, 0.2) is 0 Å². The van der Waals surface area contributed by atoms with Gasteiger partial charge in [0.25, 0.3) is 0 Å². The third kappa shape index (κ3) is 8.30. The normalized spacial score (nSPS) is 11.8. The Hall–Kier alpha value is -5.82. The number of carbonyl (C=O) groups is 2. The van der Waals surface area contributed by atoms with Gasteiger partial charge < -0.3 is 9.32 Å². The molecular weight excluding hydrogens is 685 g/mol. The topological polar surface area (TPSA) is 95.3 Å². The fraction of sp³-hybridized carbons (Fsp3) is 0.159. The van der Waals surface area contributed by atoms with Gasteiger partial charge in [0.2, 0.25) is 0 Å². The summed E-state index contributed by atoms with van der Waals surface area (Å²) in [7, 11) is -1.50. The fourth-order valence-electron chi connectivity index (χ4n) is 6.42. The smallest absolute Gasteiger partial charge is 0.347 e. The summed E-state index contributed by atoms with van der Waals surface area (Å²) < 4.78 is 23.7. The minimum absolute atomic E-state index is 0.00563. The van der Waals surface area contributed by atoms with Crippen LogP contribution in [0.3, 0.4) is 0 Å². The molecule has 0 saturated heterocycles. The monoisotopic (exact) mass is 727 g/mol. The van der Waals surface area contributed by atoms with Crippen molar-refractivity contribution >= 4 is 57.9 Å². The Balaban J connectivity index is 1.15. The van der Waals surface area contributed by atoms with E-state index in [0.717, 1.165) is 34.7 Å². The van der Waals surface area contributed by atoms with Crippen LogP contribution in [0, 0.1) is 0 Å². The largest absolute Gasteiger partial charge is 0.422 e. The number of allylic oxidation sites excluding steroid dienone is 1. The Labute approximate surface area is 309 Å². The number of nitrogens with zero attached hydrogens (tertiary/aromatic N) is 1. The molecule has 0 aliphatic rings. The molecule has 0 aliphatic heterocycles. The van der Waals surface area contributed by atoms with Crippen molar-refractivity contribution in [2.24, 2.45) is 0 Å². The van der Waals surface area contributed by atoms with Crippen LogP contribution in [0.25, 0.3) is 17.0 Å². The summed E-state index contributed by atoms with van der Waals surface area (Å²) in [6.45, 7) is 5.88. The predicted molar refractivity (Wildman–Crippen MR) is 215 cm³/mol. The number of ketones is 1. The van der Waals surface area contributed by atoms with Gasteiger partial charge in [-0.15, -0.1) is 0 Å². The maximum Gasteiger partial charge on any atom is 0.347 e. The molecule has 0 amide bonds. The van der Waals surface area contributed by atoms with Gasteiger partial charge >= 0.3 is 218 Å². The van der Waals surface area contributed by atoms with Crippen molar-refractivity contribution < 1.29 is 28.0 Å². The predicted octanol–water partition coefficient (Wildman–Crippen LogP) is 7.50. The van der Waals surface area contributed by atoms with Crippen LogP contribution in [0.2, 0.25) is 0 Å². The second kappa shape index (κ2) is 17.1. The molecule has 0 radical (unpaired) electrons. The summed E-state index contributed by atoms with van der Waals surface area (Å²) in [4.78, 5) is 41.2. The summed E-state index contributed by atoms with van der Waals surface area (Å²) in [5, 5.41) is 3.87. The number of benzene rings is 5. The Kier molecular flexibility index (Phi) is 11.9. The maximum atomic E-state index is 13.2. The van der Waals surface area contributed by atoms with E-state index in [-0.39, 0.29) is 24.3 Å². The van der Waals surface area contributed by atoms with Gasteiger partial charge in [-0.25, -0.2) is 4.79 Å². The molecule has 9 heteroatoms. The van der Waals surface area contributed by atoms with E-state index in [1.165, 1.54) is 13.2 Å². The second-order valence-corrected chi connectivity index (χ2v) is 15.7. The van der Waals surface area contributed by atoms with Gasteiger partial charge in [-0.3, -0.25) is 4.79 Å². The molecule has 0 N–H and O–H groups in total. The van der Waals surface area contributed by atoms with E-state index in [1.54, 1.807) is 30.3 Å². The molecule has 0 unspecified atom stereocenters. The van der Waals surface area contributed by atoms with Crippen molar-refractivity contribution in [3.05, 3.63) is 161 Å². The average Bonchev–Trinajstić information content (AvgIpc) is 3.20. The summed E-state index contributed by atoms with van der Waals surface area (Å²) in [6.07, 6.45) is 2.88. The van der Waals surface area contributed by atoms with Crippen LogP contribution >= 0.6 is 7.49 Å². The van der Waals surface area contributed by atoms with E-state index in [2.05, 4.69) is 55.1 Å². The first-order valence-corrected chi connectivity index (χ1v) is 19.5. The molecule has 0 saturated carbocycles. The van der Waals surface area contributed by atoms with Crippen LogP contribution in [0.15, 0.2) is 149 Å². The van der Waals surface area contributed by atoms with E-state index in [1.807, 2.05) is 72.8 Å². The molecular formula is C44H42NO7P. The Bertz CT molecular complexity index is 2170. The van der Waals surface area contributed by atoms with Gasteiger partial charge in [-0.1, -0.05) is 0 Å². The summed E-state index contributed by atoms with van der Waals surface area (Å²) in [6, 6.07) is 42.6.